The largest absolute Gasteiger partial charge is 0.299 e. The predicted octanol–water partition coefficient (Wildman–Crippen LogP) is 1.72. The van der Waals surface area contributed by atoms with Crippen molar-refractivity contribution in [3.05, 3.63) is 29.6 Å². The quantitative estimate of drug-likeness (QED) is 0.672. The number of nitriles is 1. The third kappa shape index (κ3) is 1.61. The second-order valence-electron chi connectivity index (χ2n) is 3.76. The van der Waals surface area contributed by atoms with E-state index in [4.69, 9.17) is 5.26 Å². The Labute approximate surface area is 84.0 Å². The van der Waals surface area contributed by atoms with Gasteiger partial charge in [-0.25, -0.2) is 0 Å². The molecule has 3 nitrogen and oxygen atoms in total. The van der Waals surface area contributed by atoms with E-state index in [1.807, 2.05) is 12.3 Å². The Bertz CT molecular complexity index is 367. The first-order valence-electron chi connectivity index (χ1n) is 4.86. The molecule has 0 saturated carbocycles. The van der Waals surface area contributed by atoms with Crippen LogP contribution in [0.3, 0.4) is 0 Å². The molecule has 3 heteroatoms. The molecule has 2 rings (SSSR count). The van der Waals surface area contributed by atoms with Gasteiger partial charge in [0, 0.05) is 18.4 Å². The summed E-state index contributed by atoms with van der Waals surface area (Å²) in [5.74, 6) is 0. The Hall–Kier alpha value is -1.40. The van der Waals surface area contributed by atoms with Crippen LogP contribution in [0.25, 0.3) is 0 Å². The maximum atomic E-state index is 8.77. The zero-order valence-electron chi connectivity index (χ0n) is 8.27. The third-order valence-electron chi connectivity index (χ3n) is 2.79. The summed E-state index contributed by atoms with van der Waals surface area (Å²) in [5.41, 5.74) is 1.83. The highest BCUT2D eigenvalue weighted by Gasteiger charge is 2.22. The second-order valence-corrected chi connectivity index (χ2v) is 3.76. The molecule has 0 bridgehead atoms. The average molecular weight is 187 g/mol. The van der Waals surface area contributed by atoms with E-state index in [0.717, 1.165) is 6.54 Å². The van der Waals surface area contributed by atoms with E-state index in [2.05, 4.69) is 23.0 Å². The third-order valence-corrected chi connectivity index (χ3v) is 2.79. The lowest BCUT2D eigenvalue weighted by Gasteiger charge is -2.19. The Morgan fingerprint density at radius 1 is 1.57 bits per heavy atom. The smallest absolute Gasteiger partial charge is 0.101 e. The Morgan fingerprint density at radius 2 is 2.43 bits per heavy atom. The molecule has 1 fully saturated rings. The van der Waals surface area contributed by atoms with Gasteiger partial charge in [0.25, 0.3) is 0 Å². The van der Waals surface area contributed by atoms with Crippen LogP contribution in [0.4, 0.5) is 0 Å². The molecule has 1 atom stereocenters. The van der Waals surface area contributed by atoms with Gasteiger partial charge < -0.3 is 0 Å². The lowest BCUT2D eigenvalue weighted by atomic mass is 10.1. The van der Waals surface area contributed by atoms with E-state index in [0.29, 0.717) is 11.6 Å². The molecule has 1 aromatic rings. The van der Waals surface area contributed by atoms with Crippen LogP contribution in [0.5, 0.6) is 0 Å². The number of hydrogen-bond acceptors (Lipinski definition) is 3. The van der Waals surface area contributed by atoms with Crippen LogP contribution in [0.2, 0.25) is 0 Å². The molecule has 1 aliphatic rings. The first kappa shape index (κ1) is 9.17. The van der Waals surface area contributed by atoms with Crippen molar-refractivity contribution in [3.8, 4) is 6.07 Å². The molecule has 14 heavy (non-hydrogen) atoms. The van der Waals surface area contributed by atoms with Crippen molar-refractivity contribution < 1.29 is 0 Å². The molecule has 0 aromatic carbocycles. The summed E-state index contributed by atoms with van der Waals surface area (Å²) in [6.07, 6.45) is 5.89. The molecular weight excluding hydrogens is 174 g/mol. The molecule has 0 amide bonds. The summed E-state index contributed by atoms with van der Waals surface area (Å²) in [4.78, 5) is 6.40. The Balaban J connectivity index is 2.28. The van der Waals surface area contributed by atoms with E-state index in [1.54, 1.807) is 6.20 Å². The standard InChI is InChI=1S/C11H13N3/c1-14-4-2-3-11(14)10-5-9(6-12)7-13-8-10/h5,7-8,11H,2-4H2,1H3. The molecule has 2 heterocycles. The normalized spacial score (nSPS) is 22.1. The van der Waals surface area contributed by atoms with Crippen molar-refractivity contribution in [2.45, 2.75) is 18.9 Å². The molecule has 0 radical (unpaired) electrons. The number of rotatable bonds is 1. The Kier molecular flexibility index (Phi) is 2.47. The van der Waals surface area contributed by atoms with Crippen molar-refractivity contribution in [2.75, 3.05) is 13.6 Å². The fourth-order valence-electron chi connectivity index (χ4n) is 2.03. The lowest BCUT2D eigenvalue weighted by Crippen LogP contribution is -2.17. The van der Waals surface area contributed by atoms with E-state index in [-0.39, 0.29) is 0 Å². The summed E-state index contributed by atoms with van der Waals surface area (Å²) in [7, 11) is 2.12. The van der Waals surface area contributed by atoms with Gasteiger partial charge in [0.2, 0.25) is 0 Å². The van der Waals surface area contributed by atoms with E-state index < -0.39 is 0 Å². The highest BCUT2D eigenvalue weighted by molar-refractivity contribution is 5.30. The van der Waals surface area contributed by atoms with Gasteiger partial charge >= 0.3 is 0 Å². The SMILES string of the molecule is CN1CCCC1c1cncc(C#N)c1. The molecule has 1 aliphatic heterocycles. The highest BCUT2D eigenvalue weighted by Crippen LogP contribution is 2.29. The van der Waals surface area contributed by atoms with Crippen LogP contribution >= 0.6 is 0 Å². The van der Waals surface area contributed by atoms with Gasteiger partial charge in [-0.15, -0.1) is 0 Å². The van der Waals surface area contributed by atoms with Crippen LogP contribution in [-0.2, 0) is 0 Å². The molecule has 0 N–H and O–H groups in total. The minimum Gasteiger partial charge on any atom is -0.299 e. The Morgan fingerprint density at radius 3 is 3.07 bits per heavy atom. The number of pyridine rings is 1. The maximum absolute atomic E-state index is 8.77. The summed E-state index contributed by atoms with van der Waals surface area (Å²) >= 11 is 0. The highest BCUT2D eigenvalue weighted by atomic mass is 15.1. The topological polar surface area (TPSA) is 39.9 Å². The molecule has 0 aliphatic carbocycles. The molecule has 1 aromatic heterocycles. The maximum Gasteiger partial charge on any atom is 0.101 e. The predicted molar refractivity (Wildman–Crippen MR) is 53.6 cm³/mol. The monoisotopic (exact) mass is 187 g/mol. The number of likely N-dealkylation sites (tertiary alicyclic amines) is 1. The van der Waals surface area contributed by atoms with Crippen molar-refractivity contribution in [1.29, 1.82) is 5.26 Å². The van der Waals surface area contributed by atoms with Gasteiger partial charge in [0.15, 0.2) is 0 Å². The zero-order chi connectivity index (χ0) is 9.97. The van der Waals surface area contributed by atoms with Crippen LogP contribution < -0.4 is 0 Å². The van der Waals surface area contributed by atoms with Crippen molar-refractivity contribution >= 4 is 0 Å². The fourth-order valence-corrected chi connectivity index (χ4v) is 2.03. The average Bonchev–Trinajstić information content (AvgIpc) is 2.65. The van der Waals surface area contributed by atoms with Crippen LogP contribution in [0.1, 0.15) is 30.0 Å². The number of hydrogen-bond donors (Lipinski definition) is 0. The van der Waals surface area contributed by atoms with Crippen LogP contribution in [-0.4, -0.2) is 23.5 Å². The summed E-state index contributed by atoms with van der Waals surface area (Å²) in [6, 6.07) is 4.52. The van der Waals surface area contributed by atoms with Crippen molar-refractivity contribution in [3.63, 3.8) is 0 Å². The van der Waals surface area contributed by atoms with E-state index in [1.165, 1.54) is 18.4 Å². The molecular formula is C11H13N3. The van der Waals surface area contributed by atoms with Crippen molar-refractivity contribution in [1.82, 2.24) is 9.88 Å². The van der Waals surface area contributed by atoms with Gasteiger partial charge in [0.1, 0.15) is 6.07 Å². The van der Waals surface area contributed by atoms with Crippen LogP contribution in [0, 0.1) is 11.3 Å². The minimum atomic E-state index is 0.454. The molecule has 72 valence electrons. The summed E-state index contributed by atoms with van der Waals surface area (Å²) in [6.45, 7) is 1.14. The lowest BCUT2D eigenvalue weighted by molar-refractivity contribution is 0.317. The first-order valence-corrected chi connectivity index (χ1v) is 4.86. The van der Waals surface area contributed by atoms with Gasteiger partial charge in [0.05, 0.1) is 5.56 Å². The number of nitrogens with zero attached hydrogens (tertiary/aromatic N) is 3. The van der Waals surface area contributed by atoms with E-state index in [9.17, 15) is 0 Å². The van der Waals surface area contributed by atoms with Gasteiger partial charge in [-0.3, -0.25) is 9.88 Å². The van der Waals surface area contributed by atoms with Gasteiger partial charge in [-0.1, -0.05) is 0 Å². The second kappa shape index (κ2) is 3.77. The summed E-state index contributed by atoms with van der Waals surface area (Å²) in [5, 5.41) is 8.77. The zero-order valence-corrected chi connectivity index (χ0v) is 8.27. The minimum absolute atomic E-state index is 0.454. The molecule has 0 spiro atoms. The number of aromatic nitrogens is 1. The van der Waals surface area contributed by atoms with Gasteiger partial charge in [-0.05, 0) is 38.1 Å². The van der Waals surface area contributed by atoms with Crippen molar-refractivity contribution in [2.24, 2.45) is 0 Å². The first-order chi connectivity index (χ1) is 6.81. The summed E-state index contributed by atoms with van der Waals surface area (Å²) < 4.78 is 0. The van der Waals surface area contributed by atoms with E-state index >= 15 is 0 Å². The van der Waals surface area contributed by atoms with Crippen LogP contribution in [0.15, 0.2) is 18.5 Å². The fraction of sp³-hybridized carbons (Fsp3) is 0.455. The molecule has 1 saturated heterocycles. The molecule has 1 unspecified atom stereocenters. The van der Waals surface area contributed by atoms with Gasteiger partial charge in [-0.2, -0.15) is 5.26 Å².